The molecule has 136 valence electrons. The predicted molar refractivity (Wildman–Crippen MR) is 92.9 cm³/mol. The van der Waals surface area contributed by atoms with Crippen LogP contribution in [0.2, 0.25) is 0 Å². The van der Waals surface area contributed by atoms with E-state index in [9.17, 15) is 13.2 Å². The molecule has 2 rings (SSSR count). The molecule has 6 nitrogen and oxygen atoms in total. The maximum atomic E-state index is 12.3. The quantitative estimate of drug-likeness (QED) is 0.814. The Morgan fingerprint density at radius 3 is 2.79 bits per heavy atom. The Labute approximate surface area is 144 Å². The Morgan fingerprint density at radius 2 is 2.17 bits per heavy atom. The summed E-state index contributed by atoms with van der Waals surface area (Å²) in [6, 6.07) is 3.72. The minimum absolute atomic E-state index is 0.0205. The van der Waals surface area contributed by atoms with E-state index in [4.69, 9.17) is 4.42 Å². The summed E-state index contributed by atoms with van der Waals surface area (Å²) in [5, 5.41) is 2.45. The van der Waals surface area contributed by atoms with E-state index in [-0.39, 0.29) is 11.8 Å². The summed E-state index contributed by atoms with van der Waals surface area (Å²) in [5.74, 6) is 1.80. The SMILES string of the molecule is Cc1ccc(CNC(=O)CCC2CCCN(S(=O)(=O)C(C)C)C2)o1. The number of nitrogens with zero attached hydrogens (tertiary/aromatic N) is 1. The van der Waals surface area contributed by atoms with Crippen molar-refractivity contribution in [2.24, 2.45) is 5.92 Å². The van der Waals surface area contributed by atoms with Gasteiger partial charge in [-0.1, -0.05) is 0 Å². The first-order valence-corrected chi connectivity index (χ1v) is 10.1. The Balaban J connectivity index is 1.76. The van der Waals surface area contributed by atoms with E-state index in [1.54, 1.807) is 18.2 Å². The van der Waals surface area contributed by atoms with Gasteiger partial charge in [-0.15, -0.1) is 0 Å². The van der Waals surface area contributed by atoms with Crippen LogP contribution in [0.4, 0.5) is 0 Å². The fourth-order valence-corrected chi connectivity index (χ4v) is 4.38. The molecule has 24 heavy (non-hydrogen) atoms. The lowest BCUT2D eigenvalue weighted by Gasteiger charge is -2.33. The van der Waals surface area contributed by atoms with Crippen molar-refractivity contribution in [3.8, 4) is 0 Å². The average molecular weight is 356 g/mol. The van der Waals surface area contributed by atoms with Crippen LogP contribution in [0.5, 0.6) is 0 Å². The Hall–Kier alpha value is -1.34. The van der Waals surface area contributed by atoms with E-state index in [0.29, 0.717) is 32.5 Å². The Bertz CT molecular complexity index is 651. The van der Waals surface area contributed by atoms with E-state index in [2.05, 4.69) is 5.32 Å². The third-order valence-electron chi connectivity index (χ3n) is 4.47. The van der Waals surface area contributed by atoms with E-state index >= 15 is 0 Å². The van der Waals surface area contributed by atoms with Crippen molar-refractivity contribution in [3.63, 3.8) is 0 Å². The highest BCUT2D eigenvalue weighted by Gasteiger charge is 2.30. The zero-order valence-electron chi connectivity index (χ0n) is 14.7. The third kappa shape index (κ3) is 5.08. The Kier molecular flexibility index (Phi) is 6.46. The minimum Gasteiger partial charge on any atom is -0.465 e. The van der Waals surface area contributed by atoms with Gasteiger partial charge in [0, 0.05) is 19.5 Å². The van der Waals surface area contributed by atoms with Gasteiger partial charge in [-0.2, -0.15) is 0 Å². The summed E-state index contributed by atoms with van der Waals surface area (Å²) >= 11 is 0. The fraction of sp³-hybridized carbons (Fsp3) is 0.706. The average Bonchev–Trinajstić information content (AvgIpc) is 2.96. The normalized spacial score (nSPS) is 19.6. The summed E-state index contributed by atoms with van der Waals surface area (Å²) in [7, 11) is -3.19. The summed E-state index contributed by atoms with van der Waals surface area (Å²) in [4.78, 5) is 12.0. The van der Waals surface area contributed by atoms with Crippen molar-refractivity contribution in [3.05, 3.63) is 23.7 Å². The minimum atomic E-state index is -3.19. The third-order valence-corrected chi connectivity index (χ3v) is 6.72. The standard InChI is InChI=1S/C17H28N2O4S/c1-13(2)24(21,22)19-10-4-5-15(12-19)7-9-17(20)18-11-16-8-6-14(3)23-16/h6,8,13,15H,4-5,7,9-12H2,1-3H3,(H,18,20). The lowest BCUT2D eigenvalue weighted by molar-refractivity contribution is -0.121. The van der Waals surface area contributed by atoms with Gasteiger partial charge in [-0.05, 0) is 58.1 Å². The van der Waals surface area contributed by atoms with Crippen molar-refractivity contribution in [2.45, 2.75) is 58.2 Å². The van der Waals surface area contributed by atoms with Gasteiger partial charge in [0.1, 0.15) is 11.5 Å². The number of hydrogen-bond acceptors (Lipinski definition) is 4. The van der Waals surface area contributed by atoms with Gasteiger partial charge < -0.3 is 9.73 Å². The number of sulfonamides is 1. The van der Waals surface area contributed by atoms with Crippen molar-refractivity contribution in [1.29, 1.82) is 0 Å². The summed E-state index contributed by atoms with van der Waals surface area (Å²) in [6.07, 6.45) is 2.98. The first-order chi connectivity index (χ1) is 11.3. The van der Waals surface area contributed by atoms with Crippen molar-refractivity contribution in [1.82, 2.24) is 9.62 Å². The van der Waals surface area contributed by atoms with Crippen LogP contribution in [0.25, 0.3) is 0 Å². The van der Waals surface area contributed by atoms with Gasteiger partial charge in [-0.25, -0.2) is 12.7 Å². The second kappa shape index (κ2) is 8.16. The molecule has 1 unspecified atom stereocenters. The fourth-order valence-electron chi connectivity index (χ4n) is 2.98. The van der Waals surface area contributed by atoms with E-state index in [1.807, 2.05) is 19.1 Å². The van der Waals surface area contributed by atoms with Gasteiger partial charge in [0.15, 0.2) is 0 Å². The molecule has 1 aliphatic rings. The largest absolute Gasteiger partial charge is 0.465 e. The molecule has 1 aromatic heterocycles. The van der Waals surface area contributed by atoms with Gasteiger partial charge in [0.05, 0.1) is 11.8 Å². The molecule has 0 radical (unpaired) electrons. The topological polar surface area (TPSA) is 79.6 Å². The van der Waals surface area contributed by atoms with Crippen LogP contribution in [0, 0.1) is 12.8 Å². The number of furan rings is 1. The summed E-state index contributed by atoms with van der Waals surface area (Å²) in [6.45, 7) is 6.81. The van der Waals surface area contributed by atoms with E-state index in [1.165, 1.54) is 0 Å². The maximum absolute atomic E-state index is 12.3. The smallest absolute Gasteiger partial charge is 0.220 e. The molecular weight excluding hydrogens is 328 g/mol. The monoisotopic (exact) mass is 356 g/mol. The number of rotatable bonds is 7. The molecule has 7 heteroatoms. The number of nitrogens with one attached hydrogen (secondary N) is 1. The number of carbonyl (C=O) groups is 1. The Morgan fingerprint density at radius 1 is 1.42 bits per heavy atom. The van der Waals surface area contributed by atoms with Crippen LogP contribution in [0.1, 0.15) is 51.1 Å². The summed E-state index contributed by atoms with van der Waals surface area (Å²) < 4.78 is 31.5. The van der Waals surface area contributed by atoms with E-state index < -0.39 is 15.3 Å². The number of carbonyl (C=O) groups excluding carboxylic acids is 1. The lowest BCUT2D eigenvalue weighted by Crippen LogP contribution is -2.43. The molecule has 0 aromatic carbocycles. The molecule has 0 spiro atoms. The van der Waals surface area contributed by atoms with Gasteiger partial charge in [-0.3, -0.25) is 4.79 Å². The molecule has 1 aliphatic heterocycles. The van der Waals surface area contributed by atoms with Crippen molar-refractivity contribution in [2.75, 3.05) is 13.1 Å². The molecular formula is C17H28N2O4S. The van der Waals surface area contributed by atoms with Crippen LogP contribution in [-0.4, -0.2) is 37.0 Å². The second-order valence-corrected chi connectivity index (χ2v) is 9.28. The van der Waals surface area contributed by atoms with Crippen molar-refractivity contribution >= 4 is 15.9 Å². The summed E-state index contributed by atoms with van der Waals surface area (Å²) in [5.41, 5.74) is 0. The highest BCUT2D eigenvalue weighted by molar-refractivity contribution is 7.89. The molecule has 1 atom stereocenters. The first-order valence-electron chi connectivity index (χ1n) is 8.60. The first kappa shape index (κ1) is 19.0. The number of aryl methyl sites for hydroxylation is 1. The van der Waals surface area contributed by atoms with Crippen LogP contribution >= 0.6 is 0 Å². The number of piperidine rings is 1. The van der Waals surface area contributed by atoms with Gasteiger partial charge in [0.25, 0.3) is 0 Å². The molecule has 2 heterocycles. The maximum Gasteiger partial charge on any atom is 0.220 e. The second-order valence-electron chi connectivity index (χ2n) is 6.79. The van der Waals surface area contributed by atoms with Crippen LogP contribution in [-0.2, 0) is 21.4 Å². The molecule has 1 saturated heterocycles. The lowest BCUT2D eigenvalue weighted by atomic mass is 9.94. The molecule has 0 saturated carbocycles. The van der Waals surface area contributed by atoms with Crippen molar-refractivity contribution < 1.29 is 17.6 Å². The predicted octanol–water partition coefficient (Wildman–Crippen LogP) is 2.43. The van der Waals surface area contributed by atoms with Crippen LogP contribution in [0.3, 0.4) is 0 Å². The molecule has 1 aromatic rings. The molecule has 1 amide bonds. The van der Waals surface area contributed by atoms with Crippen LogP contribution < -0.4 is 5.32 Å². The molecule has 0 aliphatic carbocycles. The zero-order valence-corrected chi connectivity index (χ0v) is 15.6. The molecule has 0 bridgehead atoms. The van der Waals surface area contributed by atoms with E-state index in [0.717, 1.165) is 24.4 Å². The highest BCUT2D eigenvalue weighted by atomic mass is 32.2. The van der Waals surface area contributed by atoms with Crippen LogP contribution in [0.15, 0.2) is 16.5 Å². The van der Waals surface area contributed by atoms with Gasteiger partial charge >= 0.3 is 0 Å². The number of hydrogen-bond donors (Lipinski definition) is 1. The molecule has 1 fully saturated rings. The molecule has 1 N–H and O–H groups in total. The highest BCUT2D eigenvalue weighted by Crippen LogP contribution is 2.24. The zero-order chi connectivity index (χ0) is 17.7. The van der Waals surface area contributed by atoms with Gasteiger partial charge in [0.2, 0.25) is 15.9 Å². The number of amides is 1.